The normalized spacial score (nSPS) is 20.3. The van der Waals surface area contributed by atoms with E-state index in [4.69, 9.17) is 0 Å². The molecular weight excluding hydrogens is 961 g/mol. The lowest BCUT2D eigenvalue weighted by Crippen LogP contribution is -2.26. The Morgan fingerprint density at radius 3 is 1.48 bits per heavy atom. The molecule has 0 saturated heterocycles. The second kappa shape index (κ2) is 22.6. The highest BCUT2D eigenvalue weighted by Crippen LogP contribution is 2.64. The molecule has 0 saturated carbocycles. The second-order valence-corrected chi connectivity index (χ2v) is 22.4. The summed E-state index contributed by atoms with van der Waals surface area (Å²) in [7, 11) is 0. The summed E-state index contributed by atoms with van der Waals surface area (Å²) >= 11 is 0. The Hall–Kier alpha value is -8.58. The van der Waals surface area contributed by atoms with Crippen molar-refractivity contribution in [3.05, 3.63) is 331 Å². The van der Waals surface area contributed by atoms with Gasteiger partial charge in [0.05, 0.1) is 5.41 Å². The molecule has 0 radical (unpaired) electrons. The average molecular weight is 1030 g/mol. The molecule has 0 nitrogen and oxygen atoms in total. The maximum atomic E-state index is 2.59. The molecule has 0 heteroatoms. The molecular formula is C80H70. The van der Waals surface area contributed by atoms with E-state index < -0.39 is 5.41 Å². The smallest absolute Gasteiger partial charge is 0.0726 e. The zero-order valence-electron chi connectivity index (χ0n) is 46.5. The van der Waals surface area contributed by atoms with Crippen LogP contribution in [0.3, 0.4) is 0 Å². The molecule has 0 aromatic heterocycles. The van der Waals surface area contributed by atoms with Crippen LogP contribution >= 0.6 is 0 Å². The SMILES string of the molecule is CC=C(CC)C(=Cc1ccc2c(c1)C1(c3cc(C=C(C4=CCCC=C4)C4=CC=CCC4)ccc3-c3ccc(C=C(C4=CC=CCC4)C4C=CC=CC4)cc31)c1cc(C=C(C3=CCCC=C3)c3ccccc3)ccc1-2)c1ccccc1. The highest BCUT2D eigenvalue weighted by molar-refractivity contribution is 5.99. The van der Waals surface area contributed by atoms with Crippen molar-refractivity contribution in [3.63, 3.8) is 0 Å². The molecule has 0 heterocycles. The number of rotatable bonds is 13. The van der Waals surface area contributed by atoms with Crippen molar-refractivity contribution >= 4 is 35.5 Å². The van der Waals surface area contributed by atoms with E-state index in [9.17, 15) is 0 Å². The van der Waals surface area contributed by atoms with Gasteiger partial charge in [-0.2, -0.15) is 0 Å². The van der Waals surface area contributed by atoms with Gasteiger partial charge in [-0.05, 0) is 242 Å². The first kappa shape index (κ1) is 50.9. The van der Waals surface area contributed by atoms with Gasteiger partial charge >= 0.3 is 0 Å². The zero-order chi connectivity index (χ0) is 53.8. The third-order valence-corrected chi connectivity index (χ3v) is 17.6. The molecule has 0 bridgehead atoms. The first-order chi connectivity index (χ1) is 39.6. The summed E-state index contributed by atoms with van der Waals surface area (Å²) in [5.74, 6) is 0.318. The van der Waals surface area contributed by atoms with Gasteiger partial charge in [0.1, 0.15) is 0 Å². The van der Waals surface area contributed by atoms with Crippen LogP contribution in [-0.2, 0) is 5.41 Å². The minimum Gasteiger partial charge on any atom is -0.0842 e. The Morgan fingerprint density at radius 1 is 0.475 bits per heavy atom. The molecule has 0 amide bonds. The van der Waals surface area contributed by atoms with Gasteiger partial charge in [0.15, 0.2) is 0 Å². The van der Waals surface area contributed by atoms with E-state index >= 15 is 0 Å². The third-order valence-electron chi connectivity index (χ3n) is 17.6. The Balaban J connectivity index is 1.10. The van der Waals surface area contributed by atoms with Crippen LogP contribution in [0.2, 0.25) is 0 Å². The zero-order valence-corrected chi connectivity index (χ0v) is 46.5. The molecule has 0 fully saturated rings. The van der Waals surface area contributed by atoms with E-state index in [0.717, 1.165) is 64.2 Å². The van der Waals surface area contributed by atoms with Gasteiger partial charge in [0, 0.05) is 5.92 Å². The largest absolute Gasteiger partial charge is 0.0842 e. The van der Waals surface area contributed by atoms with E-state index in [1.54, 1.807) is 0 Å². The van der Waals surface area contributed by atoms with Gasteiger partial charge in [-0.15, -0.1) is 0 Å². The summed E-state index contributed by atoms with van der Waals surface area (Å²) < 4.78 is 0. The highest BCUT2D eigenvalue weighted by atomic mass is 14.5. The fraction of sp³-hybridized carbons (Fsp3) is 0.175. The minimum atomic E-state index is -0.647. The second-order valence-electron chi connectivity index (χ2n) is 22.4. The van der Waals surface area contributed by atoms with Gasteiger partial charge in [0.25, 0.3) is 0 Å². The Bertz CT molecular complexity index is 3920. The molecule has 1 spiro atoms. The van der Waals surface area contributed by atoms with E-state index in [1.165, 1.54) is 128 Å². The monoisotopic (exact) mass is 1030 g/mol. The Kier molecular flexibility index (Phi) is 14.4. The molecule has 390 valence electrons. The first-order valence-corrected chi connectivity index (χ1v) is 29.6. The van der Waals surface area contributed by atoms with Crippen LogP contribution in [0.25, 0.3) is 57.7 Å². The number of hydrogen-bond acceptors (Lipinski definition) is 0. The lowest BCUT2D eigenvalue weighted by atomic mass is 9.69. The lowest BCUT2D eigenvalue weighted by molar-refractivity contribution is 0.761. The predicted molar refractivity (Wildman–Crippen MR) is 344 cm³/mol. The molecule has 2 unspecified atom stereocenters. The van der Waals surface area contributed by atoms with E-state index in [1.807, 2.05) is 0 Å². The number of hydrogen-bond donors (Lipinski definition) is 0. The van der Waals surface area contributed by atoms with Crippen molar-refractivity contribution in [3.8, 4) is 22.3 Å². The summed E-state index contributed by atoms with van der Waals surface area (Å²) in [6.07, 6.45) is 60.0. The molecule has 2 atom stereocenters. The van der Waals surface area contributed by atoms with Crippen LogP contribution in [0.15, 0.2) is 276 Å². The summed E-state index contributed by atoms with van der Waals surface area (Å²) in [6, 6.07) is 51.7. The predicted octanol–water partition coefficient (Wildman–Crippen LogP) is 21.5. The van der Waals surface area contributed by atoms with Crippen molar-refractivity contribution in [2.24, 2.45) is 5.92 Å². The lowest BCUT2D eigenvalue weighted by Gasteiger charge is -2.31. The van der Waals surface area contributed by atoms with E-state index in [2.05, 4.69) is 275 Å². The minimum absolute atomic E-state index is 0.318. The molecule has 13 rings (SSSR count). The van der Waals surface area contributed by atoms with E-state index in [-0.39, 0.29) is 0 Å². The molecule has 0 N–H and O–H groups in total. The summed E-state index contributed by atoms with van der Waals surface area (Å²) in [6.45, 7) is 4.47. The van der Waals surface area contributed by atoms with Gasteiger partial charge in [-0.1, -0.05) is 225 Å². The Labute approximate surface area is 475 Å². The number of fused-ring (bicyclic) bond motifs is 10. The maximum absolute atomic E-state index is 2.59. The molecule has 80 heavy (non-hydrogen) atoms. The van der Waals surface area contributed by atoms with Crippen molar-refractivity contribution < 1.29 is 0 Å². The quantitative estimate of drug-likeness (QED) is 0.0797. The fourth-order valence-electron chi connectivity index (χ4n) is 13.7. The van der Waals surface area contributed by atoms with Gasteiger partial charge < -0.3 is 0 Å². The average Bonchev–Trinajstić information content (AvgIpc) is 4.09. The van der Waals surface area contributed by atoms with Crippen LogP contribution in [0.5, 0.6) is 0 Å². The van der Waals surface area contributed by atoms with Crippen molar-refractivity contribution in [1.82, 2.24) is 0 Å². The standard InChI is InChI=1S/C80H70/c1-3-60(4-2)72(61-26-12-5-13-27-61)48-56-40-44-68-69-45-41-57(49-73(62-28-14-6-15-29-62)63-30-16-7-17-31-63)53-77(69)80(76(68)52-56)78-54-58(50-74(64-32-18-8-19-33-64)65-34-20-9-21-35-65)42-46-70(78)71-47-43-59(55-79(71)80)51-75(66-36-22-10-23-37-66)67-38-24-11-25-39-67/h3,5-6,8-10,12-16,18-20,22,24,26-32,34,36,38-55,64H,4,7,11,17,21,23,25,33,35,37H2,1-2H3. The van der Waals surface area contributed by atoms with Gasteiger partial charge in [-0.3, -0.25) is 0 Å². The highest BCUT2D eigenvalue weighted by Gasteiger charge is 2.52. The fourth-order valence-corrected chi connectivity index (χ4v) is 13.7. The van der Waals surface area contributed by atoms with Crippen molar-refractivity contribution in [1.29, 1.82) is 0 Å². The van der Waals surface area contributed by atoms with Crippen molar-refractivity contribution in [2.75, 3.05) is 0 Å². The van der Waals surface area contributed by atoms with Crippen LogP contribution in [0.4, 0.5) is 0 Å². The topological polar surface area (TPSA) is 0 Å². The molecule has 0 aliphatic heterocycles. The van der Waals surface area contributed by atoms with E-state index in [0.29, 0.717) is 5.92 Å². The summed E-state index contributed by atoms with van der Waals surface area (Å²) in [5, 5.41) is 0. The third kappa shape index (κ3) is 9.66. The summed E-state index contributed by atoms with van der Waals surface area (Å²) in [4.78, 5) is 0. The first-order valence-electron chi connectivity index (χ1n) is 29.6. The summed E-state index contributed by atoms with van der Waals surface area (Å²) in [5.41, 5.74) is 29.4. The van der Waals surface area contributed by atoms with Crippen LogP contribution in [0.1, 0.15) is 134 Å². The van der Waals surface area contributed by atoms with Gasteiger partial charge in [-0.25, -0.2) is 0 Å². The van der Waals surface area contributed by atoms with Crippen LogP contribution in [0, 0.1) is 5.92 Å². The molecule has 6 aromatic rings. The number of allylic oxidation sites excluding steroid dienone is 26. The molecule has 6 aromatic carbocycles. The Morgan fingerprint density at radius 2 is 0.988 bits per heavy atom. The van der Waals surface area contributed by atoms with Crippen LogP contribution < -0.4 is 0 Å². The number of benzene rings is 6. The van der Waals surface area contributed by atoms with Crippen molar-refractivity contribution in [2.45, 2.75) is 83.5 Å². The molecule has 7 aliphatic rings. The molecule has 7 aliphatic carbocycles. The van der Waals surface area contributed by atoms with Crippen LogP contribution in [-0.4, -0.2) is 0 Å². The van der Waals surface area contributed by atoms with Gasteiger partial charge in [0.2, 0.25) is 0 Å². The maximum Gasteiger partial charge on any atom is 0.0726 e.